The van der Waals surface area contributed by atoms with Crippen LogP contribution in [-0.2, 0) is 12.1 Å². The smallest absolute Gasteiger partial charge is 0.123 e. The number of hydrogen-bond acceptors (Lipinski definition) is 3. The third-order valence-electron chi connectivity index (χ3n) is 2.18. The van der Waals surface area contributed by atoms with Crippen LogP contribution in [0.2, 0.25) is 0 Å². The number of rotatable bonds is 3. The Morgan fingerprint density at radius 2 is 2.07 bits per heavy atom. The van der Waals surface area contributed by atoms with Gasteiger partial charge in [-0.25, -0.2) is 4.39 Å². The molecule has 1 rings (SSSR count). The summed E-state index contributed by atoms with van der Waals surface area (Å²) in [5.41, 5.74) is 5.79. The van der Waals surface area contributed by atoms with Crippen molar-refractivity contribution in [1.29, 1.82) is 0 Å². The van der Waals surface area contributed by atoms with Crippen LogP contribution in [0.4, 0.5) is 4.39 Å². The van der Waals surface area contributed by atoms with E-state index in [1.807, 2.05) is 0 Å². The van der Waals surface area contributed by atoms with E-state index in [0.29, 0.717) is 11.1 Å². The van der Waals surface area contributed by atoms with Crippen molar-refractivity contribution in [2.75, 3.05) is 6.61 Å². The Kier molecular flexibility index (Phi) is 3.21. The summed E-state index contributed by atoms with van der Waals surface area (Å²) in [6.07, 6.45) is 0. The molecule has 0 saturated carbocycles. The highest BCUT2D eigenvalue weighted by Crippen LogP contribution is 2.22. The van der Waals surface area contributed by atoms with Gasteiger partial charge in [0.05, 0.1) is 18.8 Å². The number of aliphatic hydroxyl groups excluding tert-OH is 2. The maximum atomic E-state index is 12.8. The molecule has 0 unspecified atom stereocenters. The fourth-order valence-corrected chi connectivity index (χ4v) is 1.34. The molecule has 4 heteroatoms. The summed E-state index contributed by atoms with van der Waals surface area (Å²) in [4.78, 5) is 0. The van der Waals surface area contributed by atoms with Crippen molar-refractivity contribution < 1.29 is 14.6 Å². The monoisotopic (exact) mass is 199 g/mol. The van der Waals surface area contributed by atoms with Crippen LogP contribution in [0.1, 0.15) is 18.1 Å². The van der Waals surface area contributed by atoms with Crippen LogP contribution < -0.4 is 5.73 Å². The largest absolute Gasteiger partial charge is 0.394 e. The second-order valence-corrected chi connectivity index (χ2v) is 3.54. The van der Waals surface area contributed by atoms with Gasteiger partial charge in [-0.3, -0.25) is 0 Å². The summed E-state index contributed by atoms with van der Waals surface area (Å²) >= 11 is 0. The first-order valence-electron chi connectivity index (χ1n) is 4.31. The van der Waals surface area contributed by atoms with E-state index in [9.17, 15) is 4.39 Å². The number of aliphatic hydroxyl groups is 2. The third kappa shape index (κ3) is 2.09. The number of nitrogens with two attached hydrogens (primary N) is 1. The van der Waals surface area contributed by atoms with E-state index in [4.69, 9.17) is 15.9 Å². The fourth-order valence-electron chi connectivity index (χ4n) is 1.34. The molecular formula is C10H14FNO2. The Morgan fingerprint density at radius 1 is 1.43 bits per heavy atom. The van der Waals surface area contributed by atoms with E-state index in [1.165, 1.54) is 18.2 Å². The van der Waals surface area contributed by atoms with E-state index >= 15 is 0 Å². The maximum absolute atomic E-state index is 12.8. The normalized spacial score (nSPS) is 15.2. The molecule has 0 saturated heterocycles. The van der Waals surface area contributed by atoms with Crippen LogP contribution in [0.15, 0.2) is 18.2 Å². The van der Waals surface area contributed by atoms with Crippen molar-refractivity contribution in [1.82, 2.24) is 0 Å². The average molecular weight is 199 g/mol. The van der Waals surface area contributed by atoms with E-state index in [-0.39, 0.29) is 13.2 Å². The lowest BCUT2D eigenvalue weighted by Crippen LogP contribution is -2.38. The molecule has 1 aromatic carbocycles. The second kappa shape index (κ2) is 4.04. The predicted molar refractivity (Wildman–Crippen MR) is 50.9 cm³/mol. The van der Waals surface area contributed by atoms with Crippen molar-refractivity contribution >= 4 is 0 Å². The van der Waals surface area contributed by atoms with Gasteiger partial charge in [-0.1, -0.05) is 6.07 Å². The van der Waals surface area contributed by atoms with Crippen LogP contribution in [0.25, 0.3) is 0 Å². The molecule has 4 N–H and O–H groups in total. The van der Waals surface area contributed by atoms with Crippen LogP contribution in [-0.4, -0.2) is 16.8 Å². The van der Waals surface area contributed by atoms with Crippen molar-refractivity contribution in [3.8, 4) is 0 Å². The highest BCUT2D eigenvalue weighted by Gasteiger charge is 2.23. The minimum absolute atomic E-state index is 0.258. The van der Waals surface area contributed by atoms with E-state index in [0.717, 1.165) is 0 Å². The number of halogens is 1. The molecule has 14 heavy (non-hydrogen) atoms. The van der Waals surface area contributed by atoms with Crippen LogP contribution in [0.5, 0.6) is 0 Å². The van der Waals surface area contributed by atoms with E-state index < -0.39 is 11.4 Å². The fraction of sp³-hybridized carbons (Fsp3) is 0.400. The van der Waals surface area contributed by atoms with Crippen molar-refractivity contribution in [2.24, 2.45) is 5.73 Å². The van der Waals surface area contributed by atoms with Crippen LogP contribution >= 0.6 is 0 Å². The van der Waals surface area contributed by atoms with Gasteiger partial charge in [-0.15, -0.1) is 0 Å². The maximum Gasteiger partial charge on any atom is 0.123 e. The number of hydrogen-bond donors (Lipinski definition) is 3. The number of benzene rings is 1. The molecule has 0 aliphatic heterocycles. The zero-order valence-electron chi connectivity index (χ0n) is 8.00. The molecule has 0 aromatic heterocycles. The van der Waals surface area contributed by atoms with Gasteiger partial charge in [0.1, 0.15) is 5.82 Å². The molecule has 3 nitrogen and oxygen atoms in total. The van der Waals surface area contributed by atoms with Crippen molar-refractivity contribution in [2.45, 2.75) is 19.1 Å². The van der Waals surface area contributed by atoms with Gasteiger partial charge < -0.3 is 15.9 Å². The lowest BCUT2D eigenvalue weighted by atomic mass is 9.90. The summed E-state index contributed by atoms with van der Waals surface area (Å²) in [6, 6.07) is 3.96. The highest BCUT2D eigenvalue weighted by molar-refractivity contribution is 5.33. The Morgan fingerprint density at radius 3 is 2.57 bits per heavy atom. The first-order chi connectivity index (χ1) is 6.51. The lowest BCUT2D eigenvalue weighted by molar-refractivity contribution is 0.205. The Hall–Kier alpha value is -0.970. The molecule has 1 aromatic rings. The standard InChI is InChI=1S/C10H14FNO2/c1-10(12,6-14)9-3-2-8(11)4-7(9)5-13/h2-4,13-14H,5-6,12H2,1H3/t10-/m0/s1. The first-order valence-corrected chi connectivity index (χ1v) is 4.31. The van der Waals surface area contributed by atoms with Gasteiger partial charge in [0.25, 0.3) is 0 Å². The molecule has 1 atom stereocenters. The molecule has 0 heterocycles. The third-order valence-corrected chi connectivity index (χ3v) is 2.18. The zero-order valence-corrected chi connectivity index (χ0v) is 8.00. The molecule has 0 aliphatic rings. The molecule has 0 spiro atoms. The quantitative estimate of drug-likeness (QED) is 0.663. The molecular weight excluding hydrogens is 185 g/mol. The second-order valence-electron chi connectivity index (χ2n) is 3.54. The average Bonchev–Trinajstić information content (AvgIpc) is 2.17. The summed E-state index contributed by atoms with van der Waals surface area (Å²) in [7, 11) is 0. The van der Waals surface area contributed by atoms with Gasteiger partial charge in [-0.2, -0.15) is 0 Å². The SMILES string of the molecule is C[C@](N)(CO)c1ccc(F)cc1CO. The van der Waals surface area contributed by atoms with Crippen molar-refractivity contribution in [3.63, 3.8) is 0 Å². The van der Waals surface area contributed by atoms with E-state index in [1.54, 1.807) is 6.92 Å². The molecule has 78 valence electrons. The summed E-state index contributed by atoms with van der Waals surface area (Å²) < 4.78 is 12.8. The highest BCUT2D eigenvalue weighted by atomic mass is 19.1. The van der Waals surface area contributed by atoms with Crippen LogP contribution in [0, 0.1) is 5.82 Å². The Bertz CT molecular complexity index is 326. The molecule has 0 bridgehead atoms. The summed E-state index contributed by atoms with van der Waals surface area (Å²) in [5.74, 6) is -0.425. The molecule has 0 radical (unpaired) electrons. The minimum atomic E-state index is -0.953. The van der Waals surface area contributed by atoms with E-state index in [2.05, 4.69) is 0 Å². The lowest BCUT2D eigenvalue weighted by Gasteiger charge is -2.24. The molecule has 0 fully saturated rings. The predicted octanol–water partition coefficient (Wildman–Crippen LogP) is 0.484. The first kappa shape index (κ1) is 11.1. The minimum Gasteiger partial charge on any atom is -0.394 e. The van der Waals surface area contributed by atoms with Gasteiger partial charge >= 0.3 is 0 Å². The van der Waals surface area contributed by atoms with Crippen molar-refractivity contribution in [3.05, 3.63) is 35.1 Å². The van der Waals surface area contributed by atoms with Gasteiger partial charge in [0.2, 0.25) is 0 Å². The molecule has 0 aliphatic carbocycles. The Balaban J connectivity index is 3.20. The van der Waals surface area contributed by atoms with Gasteiger partial charge in [0.15, 0.2) is 0 Å². The molecule has 0 amide bonds. The van der Waals surface area contributed by atoms with Gasteiger partial charge in [-0.05, 0) is 30.2 Å². The Labute approximate surface area is 82.0 Å². The van der Waals surface area contributed by atoms with Gasteiger partial charge in [0, 0.05) is 0 Å². The van der Waals surface area contributed by atoms with Crippen LogP contribution in [0.3, 0.4) is 0 Å². The summed E-state index contributed by atoms with van der Waals surface area (Å²) in [6.45, 7) is 1.07. The zero-order chi connectivity index (χ0) is 10.8. The topological polar surface area (TPSA) is 66.5 Å². The summed E-state index contributed by atoms with van der Waals surface area (Å²) in [5, 5.41) is 18.0.